The molecule has 2 rings (SSSR count). The van der Waals surface area contributed by atoms with E-state index in [-0.39, 0.29) is 11.6 Å². The number of benzene rings is 1. The van der Waals surface area contributed by atoms with E-state index in [1.807, 2.05) is 18.5 Å². The summed E-state index contributed by atoms with van der Waals surface area (Å²) in [6.45, 7) is 6.05. The second-order valence-electron chi connectivity index (χ2n) is 4.62. The van der Waals surface area contributed by atoms with Gasteiger partial charge in [-0.25, -0.2) is 4.68 Å². The van der Waals surface area contributed by atoms with Crippen molar-refractivity contribution in [3.05, 3.63) is 50.8 Å². The molecule has 0 atom stereocenters. The fourth-order valence-electron chi connectivity index (χ4n) is 2.42. The van der Waals surface area contributed by atoms with Crippen LogP contribution < -0.4 is 0 Å². The van der Waals surface area contributed by atoms with Crippen LogP contribution in [0.3, 0.4) is 0 Å². The summed E-state index contributed by atoms with van der Waals surface area (Å²) in [4.78, 5) is 10.4. The van der Waals surface area contributed by atoms with Gasteiger partial charge in [-0.05, 0) is 37.5 Å². The summed E-state index contributed by atoms with van der Waals surface area (Å²) in [5, 5.41) is 15.4. The van der Waals surface area contributed by atoms with E-state index in [9.17, 15) is 10.1 Å². The van der Waals surface area contributed by atoms with E-state index in [1.165, 1.54) is 17.7 Å². The molecule has 0 unspecified atom stereocenters. The first-order valence-corrected chi connectivity index (χ1v) is 6.91. The van der Waals surface area contributed by atoms with Gasteiger partial charge in [0.25, 0.3) is 5.69 Å². The first kappa shape index (κ1) is 14.5. The molecule has 20 heavy (non-hydrogen) atoms. The summed E-state index contributed by atoms with van der Waals surface area (Å²) in [5.41, 5.74) is 4.76. The summed E-state index contributed by atoms with van der Waals surface area (Å²) in [7, 11) is 0. The van der Waals surface area contributed by atoms with E-state index in [4.69, 9.17) is 11.6 Å². The molecule has 106 valence electrons. The summed E-state index contributed by atoms with van der Waals surface area (Å²) in [6.07, 6.45) is 0.904. The number of rotatable bonds is 4. The Bertz CT molecular complexity index is 665. The third-order valence-electron chi connectivity index (χ3n) is 3.44. The maximum atomic E-state index is 10.8. The van der Waals surface area contributed by atoms with Crippen LogP contribution in [0.1, 0.15) is 29.4 Å². The van der Waals surface area contributed by atoms with Gasteiger partial charge in [-0.1, -0.05) is 6.92 Å². The second-order valence-corrected chi connectivity index (χ2v) is 4.89. The summed E-state index contributed by atoms with van der Waals surface area (Å²) < 4.78 is 1.82. The average Bonchev–Trinajstić information content (AvgIpc) is 2.72. The van der Waals surface area contributed by atoms with Crippen molar-refractivity contribution >= 4 is 17.3 Å². The number of alkyl halides is 1. The van der Waals surface area contributed by atoms with Crippen molar-refractivity contribution in [2.24, 2.45) is 0 Å². The zero-order valence-corrected chi connectivity index (χ0v) is 12.4. The highest BCUT2D eigenvalue weighted by Gasteiger charge is 2.16. The lowest BCUT2D eigenvalue weighted by Crippen LogP contribution is -2.04. The van der Waals surface area contributed by atoms with Gasteiger partial charge >= 0.3 is 0 Å². The fraction of sp³-hybridized carbons (Fsp3) is 0.357. The van der Waals surface area contributed by atoms with E-state index in [2.05, 4.69) is 12.0 Å². The van der Waals surface area contributed by atoms with Crippen LogP contribution in [0.15, 0.2) is 18.2 Å². The fourth-order valence-corrected chi connectivity index (χ4v) is 2.63. The molecule has 0 N–H and O–H groups in total. The number of non-ortho nitro benzene ring substituents is 1. The molecule has 0 aliphatic carbocycles. The molecule has 0 aliphatic rings. The Hall–Kier alpha value is -1.88. The minimum atomic E-state index is -0.418. The number of hydrogen-bond donors (Lipinski definition) is 0. The number of nitro benzene ring substituents is 1. The molecule has 1 aromatic carbocycles. The first-order valence-electron chi connectivity index (χ1n) is 6.38. The maximum Gasteiger partial charge on any atom is 0.269 e. The van der Waals surface area contributed by atoms with Gasteiger partial charge < -0.3 is 0 Å². The van der Waals surface area contributed by atoms with Crippen LogP contribution >= 0.6 is 11.6 Å². The first-order chi connectivity index (χ1) is 9.49. The third kappa shape index (κ3) is 2.41. The van der Waals surface area contributed by atoms with Crippen molar-refractivity contribution < 1.29 is 4.92 Å². The van der Waals surface area contributed by atoms with E-state index in [0.29, 0.717) is 5.56 Å². The highest BCUT2D eigenvalue weighted by molar-refractivity contribution is 6.17. The standard InChI is InChI=1S/C14H16ClN3O2/c1-4-13-9(2)16-17(10(13)3)14-6-5-12(18(19)20)7-11(14)8-15/h5-7H,4,8H2,1-3H3. The van der Waals surface area contributed by atoms with E-state index >= 15 is 0 Å². The zero-order chi connectivity index (χ0) is 14.9. The van der Waals surface area contributed by atoms with Crippen molar-refractivity contribution in [1.82, 2.24) is 9.78 Å². The Balaban J connectivity index is 2.61. The maximum absolute atomic E-state index is 10.8. The van der Waals surface area contributed by atoms with Gasteiger partial charge in [0, 0.05) is 23.7 Å². The average molecular weight is 294 g/mol. The molecule has 0 amide bonds. The lowest BCUT2D eigenvalue weighted by Gasteiger charge is -2.09. The zero-order valence-electron chi connectivity index (χ0n) is 11.7. The Labute approximate surface area is 122 Å². The second kappa shape index (κ2) is 5.63. The molecule has 0 fully saturated rings. The highest BCUT2D eigenvalue weighted by atomic mass is 35.5. The third-order valence-corrected chi connectivity index (χ3v) is 3.73. The number of hydrogen-bond acceptors (Lipinski definition) is 3. The molecule has 5 nitrogen and oxygen atoms in total. The van der Waals surface area contributed by atoms with E-state index < -0.39 is 4.92 Å². The van der Waals surface area contributed by atoms with Crippen molar-refractivity contribution in [2.45, 2.75) is 33.1 Å². The van der Waals surface area contributed by atoms with Crippen LogP contribution in [0, 0.1) is 24.0 Å². The summed E-state index contributed by atoms with van der Waals surface area (Å²) >= 11 is 5.93. The lowest BCUT2D eigenvalue weighted by atomic mass is 10.1. The molecule has 0 spiro atoms. The summed E-state index contributed by atoms with van der Waals surface area (Å²) in [5.74, 6) is 0.205. The van der Waals surface area contributed by atoms with Crippen LogP contribution in [0.25, 0.3) is 5.69 Å². The van der Waals surface area contributed by atoms with Crippen molar-refractivity contribution in [3.8, 4) is 5.69 Å². The van der Waals surface area contributed by atoms with Crippen LogP contribution in [-0.4, -0.2) is 14.7 Å². The number of halogens is 1. The lowest BCUT2D eigenvalue weighted by molar-refractivity contribution is -0.384. The van der Waals surface area contributed by atoms with Crippen LogP contribution in [0.4, 0.5) is 5.69 Å². The molecule has 0 aliphatic heterocycles. The number of aromatic nitrogens is 2. The van der Waals surface area contributed by atoms with Gasteiger partial charge in [-0.15, -0.1) is 11.6 Å². The van der Waals surface area contributed by atoms with Crippen LogP contribution in [0.2, 0.25) is 0 Å². The number of nitro groups is 1. The van der Waals surface area contributed by atoms with Crippen molar-refractivity contribution in [3.63, 3.8) is 0 Å². The van der Waals surface area contributed by atoms with Crippen LogP contribution in [-0.2, 0) is 12.3 Å². The minimum Gasteiger partial charge on any atom is -0.258 e. The smallest absolute Gasteiger partial charge is 0.258 e. The van der Waals surface area contributed by atoms with Gasteiger partial charge in [0.1, 0.15) is 0 Å². The van der Waals surface area contributed by atoms with Gasteiger partial charge in [0.05, 0.1) is 16.3 Å². The topological polar surface area (TPSA) is 61.0 Å². The molecule has 0 saturated carbocycles. The van der Waals surface area contributed by atoms with Crippen molar-refractivity contribution in [1.29, 1.82) is 0 Å². The molecule has 1 aromatic heterocycles. The Morgan fingerprint density at radius 2 is 2.10 bits per heavy atom. The molecule has 2 aromatic rings. The van der Waals surface area contributed by atoms with Gasteiger partial charge in [-0.3, -0.25) is 10.1 Å². The molecular weight excluding hydrogens is 278 g/mol. The van der Waals surface area contributed by atoms with Crippen LogP contribution in [0.5, 0.6) is 0 Å². The SMILES string of the molecule is CCc1c(C)nn(-c2ccc([N+](=O)[O-])cc2CCl)c1C. The molecule has 0 bridgehead atoms. The van der Waals surface area contributed by atoms with Gasteiger partial charge in [0.2, 0.25) is 0 Å². The Morgan fingerprint density at radius 3 is 2.60 bits per heavy atom. The predicted octanol–water partition coefficient (Wildman–Crippen LogP) is 3.70. The molecular formula is C14H16ClN3O2. The normalized spacial score (nSPS) is 10.8. The Kier molecular flexibility index (Phi) is 4.09. The quantitative estimate of drug-likeness (QED) is 0.490. The molecule has 0 saturated heterocycles. The summed E-state index contributed by atoms with van der Waals surface area (Å²) in [6, 6.07) is 4.69. The minimum absolute atomic E-state index is 0.0432. The largest absolute Gasteiger partial charge is 0.269 e. The van der Waals surface area contributed by atoms with Gasteiger partial charge in [-0.2, -0.15) is 5.10 Å². The van der Waals surface area contributed by atoms with Gasteiger partial charge in [0.15, 0.2) is 0 Å². The Morgan fingerprint density at radius 1 is 1.40 bits per heavy atom. The van der Waals surface area contributed by atoms with Crippen molar-refractivity contribution in [2.75, 3.05) is 0 Å². The van der Waals surface area contributed by atoms with E-state index in [0.717, 1.165) is 23.5 Å². The predicted molar refractivity (Wildman–Crippen MR) is 78.6 cm³/mol. The monoisotopic (exact) mass is 293 g/mol. The number of nitrogens with zero attached hydrogens (tertiary/aromatic N) is 3. The van der Waals surface area contributed by atoms with E-state index in [1.54, 1.807) is 6.07 Å². The highest BCUT2D eigenvalue weighted by Crippen LogP contribution is 2.25. The molecule has 1 heterocycles. The number of aryl methyl sites for hydroxylation is 1. The molecule has 0 radical (unpaired) electrons. The molecule has 6 heteroatoms.